The van der Waals surface area contributed by atoms with E-state index in [9.17, 15) is 14.0 Å². The quantitative estimate of drug-likeness (QED) is 0.381. The first-order valence-electron chi connectivity index (χ1n) is 8.22. The van der Waals surface area contributed by atoms with Crippen LogP contribution in [0.1, 0.15) is 20.0 Å². The molecule has 0 aliphatic carbocycles. The fourth-order valence-corrected chi connectivity index (χ4v) is 4.01. The van der Waals surface area contributed by atoms with Gasteiger partial charge in [-0.05, 0) is 36.4 Å². The van der Waals surface area contributed by atoms with Gasteiger partial charge in [-0.1, -0.05) is 35.3 Å². The lowest BCUT2D eigenvalue weighted by molar-refractivity contribution is 0.102. The second kappa shape index (κ2) is 7.82. The van der Waals surface area contributed by atoms with Crippen LogP contribution in [0, 0.1) is 5.82 Å². The number of carbonyl (C=O) groups excluding carboxylic acids is 2. The molecule has 0 fully saturated rings. The van der Waals surface area contributed by atoms with Crippen LogP contribution in [0.15, 0.2) is 48.5 Å². The highest BCUT2D eigenvalue weighted by atomic mass is 35.5. The third-order valence-corrected chi connectivity index (χ3v) is 5.66. The maximum Gasteiger partial charge on any atom is 0.265 e. The molecule has 0 saturated carbocycles. The Morgan fingerprint density at radius 2 is 1.72 bits per heavy atom. The largest absolute Gasteiger partial charge is 0.319 e. The highest BCUT2D eigenvalue weighted by molar-refractivity contribution is 7.20. The molecule has 0 bridgehead atoms. The number of nitrogens with one attached hydrogen (secondary N) is 3. The predicted octanol–water partition coefficient (Wildman–Crippen LogP) is 5.57. The minimum absolute atomic E-state index is 0.161. The third kappa shape index (κ3) is 3.95. The number of rotatable bonds is 4. The Labute approximate surface area is 177 Å². The molecule has 29 heavy (non-hydrogen) atoms. The summed E-state index contributed by atoms with van der Waals surface area (Å²) in [7, 11) is 0. The van der Waals surface area contributed by atoms with Crippen LogP contribution in [0.25, 0.3) is 10.2 Å². The molecule has 10 heteroatoms. The van der Waals surface area contributed by atoms with Crippen molar-refractivity contribution in [2.24, 2.45) is 0 Å². The van der Waals surface area contributed by atoms with Crippen molar-refractivity contribution in [3.8, 4) is 0 Å². The zero-order valence-electron chi connectivity index (χ0n) is 14.4. The molecule has 0 saturated heterocycles. The molecule has 2 aromatic carbocycles. The van der Waals surface area contributed by atoms with Crippen LogP contribution >= 0.6 is 34.5 Å². The molecule has 6 nitrogen and oxygen atoms in total. The highest BCUT2D eigenvalue weighted by Gasteiger charge is 2.18. The molecule has 146 valence electrons. The van der Waals surface area contributed by atoms with Crippen LogP contribution in [-0.4, -0.2) is 22.0 Å². The van der Waals surface area contributed by atoms with Gasteiger partial charge in [0, 0.05) is 5.56 Å². The molecule has 0 spiro atoms. The van der Waals surface area contributed by atoms with Crippen molar-refractivity contribution in [2.45, 2.75) is 0 Å². The number of nitrogens with zero attached hydrogens (tertiary/aromatic N) is 1. The average Bonchev–Trinajstić information content (AvgIpc) is 3.27. The van der Waals surface area contributed by atoms with E-state index in [4.69, 9.17) is 23.2 Å². The van der Waals surface area contributed by atoms with Crippen molar-refractivity contribution in [2.75, 3.05) is 10.6 Å². The Bertz CT molecular complexity index is 1230. The highest BCUT2D eigenvalue weighted by Crippen LogP contribution is 2.33. The Hall–Kier alpha value is -2.94. The molecule has 4 rings (SSSR count). The number of aromatic nitrogens is 2. The fourth-order valence-electron chi connectivity index (χ4n) is 2.63. The number of hydrogen-bond acceptors (Lipinski definition) is 4. The molecule has 4 aromatic rings. The van der Waals surface area contributed by atoms with Crippen molar-refractivity contribution in [3.05, 3.63) is 74.8 Å². The van der Waals surface area contributed by atoms with Crippen molar-refractivity contribution >= 4 is 68.1 Å². The number of H-pyrrole nitrogens is 1. The molecule has 0 atom stereocenters. The molecule has 0 aliphatic heterocycles. The minimum Gasteiger partial charge on any atom is -0.319 e. The van der Waals surface area contributed by atoms with Crippen molar-refractivity contribution in [3.63, 3.8) is 0 Å². The normalized spacial score (nSPS) is 10.9. The van der Waals surface area contributed by atoms with Crippen LogP contribution in [-0.2, 0) is 0 Å². The van der Waals surface area contributed by atoms with Gasteiger partial charge >= 0.3 is 0 Å². The van der Waals surface area contributed by atoms with E-state index in [1.54, 1.807) is 24.3 Å². The Morgan fingerprint density at radius 1 is 1.00 bits per heavy atom. The van der Waals surface area contributed by atoms with E-state index in [0.717, 1.165) is 17.4 Å². The lowest BCUT2D eigenvalue weighted by atomic mass is 10.2. The molecule has 2 aromatic heterocycles. The van der Waals surface area contributed by atoms with Crippen molar-refractivity contribution in [1.29, 1.82) is 0 Å². The van der Waals surface area contributed by atoms with Gasteiger partial charge in [-0.2, -0.15) is 5.10 Å². The summed E-state index contributed by atoms with van der Waals surface area (Å²) < 4.78 is 13.3. The number of anilines is 2. The number of fused-ring (bicyclic) bond motifs is 1. The van der Waals surface area contributed by atoms with E-state index in [-0.39, 0.29) is 5.56 Å². The van der Waals surface area contributed by atoms with Gasteiger partial charge in [0.25, 0.3) is 11.8 Å². The van der Waals surface area contributed by atoms with Gasteiger partial charge in [0.05, 0.1) is 26.0 Å². The number of benzene rings is 2. The van der Waals surface area contributed by atoms with E-state index >= 15 is 0 Å². The molecule has 2 amide bonds. The molecule has 0 radical (unpaired) electrons. The number of hydrogen-bond donors (Lipinski definition) is 3. The maximum atomic E-state index is 13.3. The summed E-state index contributed by atoms with van der Waals surface area (Å²) in [6.45, 7) is 0. The van der Waals surface area contributed by atoms with Gasteiger partial charge in [-0.3, -0.25) is 14.7 Å². The predicted molar refractivity (Wildman–Crippen MR) is 113 cm³/mol. The number of carbonyl (C=O) groups is 2. The molecular weight excluding hydrogens is 438 g/mol. The van der Waals surface area contributed by atoms with Gasteiger partial charge in [-0.15, -0.1) is 11.3 Å². The first kappa shape index (κ1) is 19.4. The number of amides is 2. The molecule has 3 N–H and O–H groups in total. The molecular formula is C19H11Cl2FN4O2S. The molecule has 0 aliphatic rings. The Balaban J connectivity index is 1.57. The van der Waals surface area contributed by atoms with Gasteiger partial charge in [0.15, 0.2) is 0 Å². The van der Waals surface area contributed by atoms with Crippen molar-refractivity contribution in [1.82, 2.24) is 10.2 Å². The number of thiophene rings is 1. The van der Waals surface area contributed by atoms with Crippen molar-refractivity contribution < 1.29 is 14.0 Å². The maximum absolute atomic E-state index is 13.3. The Kier molecular flexibility index (Phi) is 5.23. The van der Waals surface area contributed by atoms with Gasteiger partial charge in [0.1, 0.15) is 16.5 Å². The Morgan fingerprint density at radius 3 is 2.45 bits per heavy atom. The van der Waals surface area contributed by atoms with E-state index < -0.39 is 17.6 Å². The SMILES string of the molecule is O=C(Nc1[nH]nc2sc(C(=O)Nc3c(Cl)cccc3Cl)cc12)c1cccc(F)c1. The van der Waals surface area contributed by atoms with Crippen LogP contribution in [0.4, 0.5) is 15.9 Å². The van der Waals surface area contributed by atoms with Crippen LogP contribution < -0.4 is 10.6 Å². The van der Waals surface area contributed by atoms with Crippen LogP contribution in [0.3, 0.4) is 0 Å². The third-order valence-electron chi connectivity index (χ3n) is 4.00. The smallest absolute Gasteiger partial charge is 0.265 e. The second-order valence-corrected chi connectivity index (χ2v) is 7.79. The number of aromatic amines is 1. The van der Waals surface area contributed by atoms with E-state index in [2.05, 4.69) is 20.8 Å². The lowest BCUT2D eigenvalue weighted by Gasteiger charge is -2.07. The van der Waals surface area contributed by atoms with E-state index in [1.165, 1.54) is 18.2 Å². The fraction of sp³-hybridized carbons (Fsp3) is 0. The minimum atomic E-state index is -0.514. The number of halogens is 3. The summed E-state index contributed by atoms with van der Waals surface area (Å²) in [5.41, 5.74) is 0.474. The summed E-state index contributed by atoms with van der Waals surface area (Å²) in [5, 5.41) is 13.3. The van der Waals surface area contributed by atoms with Crippen LogP contribution in [0.2, 0.25) is 10.0 Å². The van der Waals surface area contributed by atoms with Crippen LogP contribution in [0.5, 0.6) is 0 Å². The monoisotopic (exact) mass is 448 g/mol. The second-order valence-electron chi connectivity index (χ2n) is 5.94. The summed E-state index contributed by atoms with van der Waals surface area (Å²) in [5.74, 6) is -1.12. The topological polar surface area (TPSA) is 86.9 Å². The van der Waals surface area contributed by atoms with Gasteiger partial charge in [0.2, 0.25) is 0 Å². The summed E-state index contributed by atoms with van der Waals surface area (Å²) in [6, 6.07) is 11.8. The standard InChI is InChI=1S/C19H11Cl2FN4O2S/c20-12-5-2-6-13(21)15(12)23-18(28)14-8-11-16(25-26-19(11)29-14)24-17(27)9-3-1-4-10(22)7-9/h1-8H,(H,23,28)(H2,24,25,26,27). The molecule has 2 heterocycles. The first-order chi connectivity index (χ1) is 13.9. The zero-order valence-corrected chi connectivity index (χ0v) is 16.8. The lowest BCUT2D eigenvalue weighted by Crippen LogP contribution is -2.13. The summed E-state index contributed by atoms with van der Waals surface area (Å²) in [6.07, 6.45) is 0. The summed E-state index contributed by atoms with van der Waals surface area (Å²) >= 11 is 13.3. The first-order valence-corrected chi connectivity index (χ1v) is 9.80. The summed E-state index contributed by atoms with van der Waals surface area (Å²) in [4.78, 5) is 25.8. The van der Waals surface area contributed by atoms with Gasteiger partial charge in [-0.25, -0.2) is 4.39 Å². The number of para-hydroxylation sites is 1. The molecule has 0 unspecified atom stereocenters. The van der Waals surface area contributed by atoms with Gasteiger partial charge < -0.3 is 10.6 Å². The average molecular weight is 449 g/mol. The van der Waals surface area contributed by atoms with E-state index in [0.29, 0.717) is 36.6 Å². The zero-order chi connectivity index (χ0) is 20.5. The van der Waals surface area contributed by atoms with E-state index in [1.807, 2.05) is 0 Å².